The normalized spacial score (nSPS) is 18.8. The zero-order valence-electron chi connectivity index (χ0n) is 16.1. The highest BCUT2D eigenvalue weighted by Gasteiger charge is 2.26. The maximum atomic E-state index is 12.1. The van der Waals surface area contributed by atoms with Crippen molar-refractivity contribution in [3.63, 3.8) is 0 Å². The number of hydrogen-bond donors (Lipinski definition) is 4. The van der Waals surface area contributed by atoms with Crippen LogP contribution in [0.2, 0.25) is 0 Å². The van der Waals surface area contributed by atoms with E-state index in [0.717, 1.165) is 12.0 Å². The summed E-state index contributed by atoms with van der Waals surface area (Å²) in [5, 5.41) is 19.2. The molecule has 0 bridgehead atoms. The second kappa shape index (κ2) is 10.9. The quantitative estimate of drug-likeness (QED) is 0.494. The van der Waals surface area contributed by atoms with E-state index in [9.17, 15) is 14.7 Å². The van der Waals surface area contributed by atoms with Crippen molar-refractivity contribution in [1.29, 1.82) is 0 Å². The highest BCUT2D eigenvalue weighted by molar-refractivity contribution is 5.80. The van der Waals surface area contributed by atoms with Gasteiger partial charge in [0, 0.05) is 19.6 Å². The Morgan fingerprint density at radius 3 is 2.70 bits per heavy atom. The number of benzene rings is 1. The number of nitrogens with one attached hydrogen (secondary N) is 3. The van der Waals surface area contributed by atoms with Crippen molar-refractivity contribution in [1.82, 2.24) is 16.0 Å². The second-order valence-corrected chi connectivity index (χ2v) is 7.44. The van der Waals surface area contributed by atoms with Gasteiger partial charge < -0.3 is 25.8 Å². The van der Waals surface area contributed by atoms with E-state index in [2.05, 4.69) is 16.0 Å². The third kappa shape index (κ3) is 7.56. The molecule has 1 fully saturated rings. The molecule has 0 radical (unpaired) electrons. The molecule has 2 rings (SSSR count). The van der Waals surface area contributed by atoms with Gasteiger partial charge in [0.15, 0.2) is 0 Å². The zero-order chi connectivity index (χ0) is 19.6. The van der Waals surface area contributed by atoms with Crippen LogP contribution < -0.4 is 16.0 Å². The zero-order valence-corrected chi connectivity index (χ0v) is 16.1. The average Bonchev–Trinajstić information content (AvgIpc) is 3.05. The van der Waals surface area contributed by atoms with Crippen LogP contribution >= 0.6 is 0 Å². The molecule has 1 aromatic carbocycles. The predicted octanol–water partition coefficient (Wildman–Crippen LogP) is 1.41. The summed E-state index contributed by atoms with van der Waals surface area (Å²) in [6, 6.07) is 9.03. The van der Waals surface area contributed by atoms with Crippen LogP contribution in [0.15, 0.2) is 30.3 Å². The maximum Gasteiger partial charge on any atom is 0.407 e. The number of alkyl carbamates (subject to hydrolysis) is 1. The molecule has 7 heteroatoms. The molecule has 1 saturated heterocycles. The number of carbonyl (C=O) groups is 2. The summed E-state index contributed by atoms with van der Waals surface area (Å²) < 4.78 is 5.26. The van der Waals surface area contributed by atoms with Crippen molar-refractivity contribution in [3.8, 4) is 0 Å². The van der Waals surface area contributed by atoms with Crippen molar-refractivity contribution in [2.24, 2.45) is 11.8 Å². The van der Waals surface area contributed by atoms with Crippen molar-refractivity contribution in [3.05, 3.63) is 35.9 Å². The van der Waals surface area contributed by atoms with Crippen LogP contribution in [-0.2, 0) is 16.1 Å². The molecule has 1 heterocycles. The Kier molecular flexibility index (Phi) is 8.54. The summed E-state index contributed by atoms with van der Waals surface area (Å²) in [5.74, 6) is 0.308. The van der Waals surface area contributed by atoms with Gasteiger partial charge in [-0.15, -0.1) is 0 Å². The molecule has 0 aromatic heterocycles. The van der Waals surface area contributed by atoms with Crippen molar-refractivity contribution in [2.45, 2.75) is 45.4 Å². The summed E-state index contributed by atoms with van der Waals surface area (Å²) in [7, 11) is 0. The van der Waals surface area contributed by atoms with Crippen LogP contribution in [0.3, 0.4) is 0 Å². The van der Waals surface area contributed by atoms with Crippen LogP contribution in [0.25, 0.3) is 0 Å². The van der Waals surface area contributed by atoms with E-state index in [1.165, 1.54) is 0 Å². The standard InChI is InChI=1S/C20H31N3O4/c1-14(2)10-17(18(24)12-21-11-16-8-9-22-19(16)25)23-20(26)27-13-15-6-4-3-5-7-15/h3-7,14,16-18,21,24H,8-13H2,1-2H3,(H,22,25)(H,23,26)/t16-,17-,18?/m0/s1. The number of carbonyl (C=O) groups excluding carboxylic acids is 2. The smallest absolute Gasteiger partial charge is 0.407 e. The van der Waals surface area contributed by atoms with Gasteiger partial charge in [0.1, 0.15) is 6.61 Å². The molecule has 3 atom stereocenters. The number of ether oxygens (including phenoxy) is 1. The molecule has 27 heavy (non-hydrogen) atoms. The Morgan fingerprint density at radius 1 is 1.33 bits per heavy atom. The molecule has 0 spiro atoms. The predicted molar refractivity (Wildman–Crippen MR) is 103 cm³/mol. The van der Waals surface area contributed by atoms with E-state index in [1.54, 1.807) is 0 Å². The maximum absolute atomic E-state index is 12.1. The number of amides is 2. The van der Waals surface area contributed by atoms with Gasteiger partial charge in [-0.25, -0.2) is 4.79 Å². The summed E-state index contributed by atoms with van der Waals surface area (Å²) in [5.41, 5.74) is 0.908. The van der Waals surface area contributed by atoms with Gasteiger partial charge in [0.25, 0.3) is 0 Å². The second-order valence-electron chi connectivity index (χ2n) is 7.44. The lowest BCUT2D eigenvalue weighted by atomic mass is 9.99. The third-order valence-corrected chi connectivity index (χ3v) is 4.61. The number of aliphatic hydroxyl groups is 1. The minimum absolute atomic E-state index is 0.0513. The summed E-state index contributed by atoms with van der Waals surface area (Å²) in [6.45, 7) is 5.79. The van der Waals surface area contributed by atoms with Crippen LogP contribution in [0, 0.1) is 11.8 Å². The van der Waals surface area contributed by atoms with Gasteiger partial charge >= 0.3 is 6.09 Å². The van der Waals surface area contributed by atoms with Gasteiger partial charge in [-0.05, 0) is 24.3 Å². The van der Waals surface area contributed by atoms with Gasteiger partial charge in [-0.2, -0.15) is 0 Å². The monoisotopic (exact) mass is 377 g/mol. The molecule has 1 aromatic rings. The third-order valence-electron chi connectivity index (χ3n) is 4.61. The Bertz CT molecular complexity index is 594. The van der Waals surface area contributed by atoms with E-state index in [1.807, 2.05) is 44.2 Å². The van der Waals surface area contributed by atoms with E-state index in [4.69, 9.17) is 4.74 Å². The number of hydrogen-bond acceptors (Lipinski definition) is 5. The van der Waals surface area contributed by atoms with Crippen LogP contribution in [0.4, 0.5) is 4.79 Å². The lowest BCUT2D eigenvalue weighted by Gasteiger charge is -2.26. The van der Waals surface area contributed by atoms with E-state index in [-0.39, 0.29) is 18.4 Å². The van der Waals surface area contributed by atoms with Crippen LogP contribution in [0.1, 0.15) is 32.3 Å². The molecule has 4 N–H and O–H groups in total. The van der Waals surface area contributed by atoms with Crippen molar-refractivity contribution >= 4 is 12.0 Å². The Morgan fingerprint density at radius 2 is 2.07 bits per heavy atom. The summed E-state index contributed by atoms with van der Waals surface area (Å²) in [4.78, 5) is 23.7. The first-order valence-corrected chi connectivity index (χ1v) is 9.59. The van der Waals surface area contributed by atoms with Crippen LogP contribution in [-0.4, -0.2) is 48.9 Å². The van der Waals surface area contributed by atoms with Crippen LogP contribution in [0.5, 0.6) is 0 Å². The number of aliphatic hydroxyl groups excluding tert-OH is 1. The summed E-state index contributed by atoms with van der Waals surface area (Å²) in [6.07, 6.45) is 0.133. The highest BCUT2D eigenvalue weighted by atomic mass is 16.5. The minimum atomic E-state index is -0.763. The molecule has 2 amide bonds. The molecule has 1 aliphatic heterocycles. The first-order valence-electron chi connectivity index (χ1n) is 9.59. The molecule has 1 unspecified atom stereocenters. The largest absolute Gasteiger partial charge is 0.445 e. The van der Waals surface area contributed by atoms with Crippen molar-refractivity contribution < 1.29 is 19.4 Å². The molecule has 0 saturated carbocycles. The van der Waals surface area contributed by atoms with Gasteiger partial charge in [-0.1, -0.05) is 44.2 Å². The Labute approximate surface area is 160 Å². The van der Waals surface area contributed by atoms with Gasteiger partial charge in [0.2, 0.25) is 5.91 Å². The minimum Gasteiger partial charge on any atom is -0.445 e. The molecule has 0 aliphatic carbocycles. The highest BCUT2D eigenvalue weighted by Crippen LogP contribution is 2.11. The SMILES string of the molecule is CC(C)C[C@H](NC(=O)OCc1ccccc1)C(O)CNC[C@@H]1CCNC1=O. The first-order chi connectivity index (χ1) is 13.0. The van der Waals surface area contributed by atoms with Crippen molar-refractivity contribution in [2.75, 3.05) is 19.6 Å². The Hall–Kier alpha value is -2.12. The molecule has 7 nitrogen and oxygen atoms in total. The lowest BCUT2D eigenvalue weighted by Crippen LogP contribution is -2.48. The first kappa shape index (κ1) is 21.2. The average molecular weight is 377 g/mol. The van der Waals surface area contributed by atoms with E-state index < -0.39 is 18.2 Å². The molecular weight excluding hydrogens is 346 g/mol. The fraction of sp³-hybridized carbons (Fsp3) is 0.600. The fourth-order valence-corrected chi connectivity index (χ4v) is 3.12. The molecule has 1 aliphatic rings. The fourth-order valence-electron chi connectivity index (χ4n) is 3.12. The topological polar surface area (TPSA) is 99.7 Å². The summed E-state index contributed by atoms with van der Waals surface area (Å²) >= 11 is 0. The molecular formula is C20H31N3O4. The lowest BCUT2D eigenvalue weighted by molar-refractivity contribution is -0.122. The van der Waals surface area contributed by atoms with Gasteiger partial charge in [0.05, 0.1) is 18.1 Å². The Balaban J connectivity index is 1.77. The van der Waals surface area contributed by atoms with E-state index in [0.29, 0.717) is 32.0 Å². The molecule has 150 valence electrons. The van der Waals surface area contributed by atoms with E-state index >= 15 is 0 Å². The van der Waals surface area contributed by atoms with Gasteiger partial charge in [-0.3, -0.25) is 4.79 Å². The number of rotatable bonds is 10.